The molecule has 5 atom stereocenters. The molecule has 28 heavy (non-hydrogen) atoms. The second-order valence-electron chi connectivity index (χ2n) is 9.29. The van der Waals surface area contributed by atoms with Crippen molar-refractivity contribution >= 4 is 17.5 Å². The Morgan fingerprint density at radius 3 is 2.46 bits per heavy atom. The molecule has 4 fully saturated rings. The minimum atomic E-state index is -0.162. The van der Waals surface area contributed by atoms with Gasteiger partial charge < -0.3 is 5.32 Å². The molecule has 1 heterocycles. The standard InChI is InChI=1S/C24H27ClN2O/c25-21-3-1-19(2-4-21)22-11-18-9-17-10-20(22)14-24(12-17,13-18)23(28)27-15-16-5-7-26-8-6-16/h1-8,17-18,20,22H,9-15H2,(H,27,28). The lowest BCUT2D eigenvalue weighted by Gasteiger charge is -2.47. The van der Waals surface area contributed by atoms with Crippen LogP contribution in [-0.2, 0) is 11.3 Å². The molecule has 1 aromatic heterocycles. The second-order valence-corrected chi connectivity index (χ2v) is 9.72. The molecular weight excluding hydrogens is 368 g/mol. The Kier molecular flexibility index (Phi) is 4.66. The molecule has 5 unspecified atom stereocenters. The van der Waals surface area contributed by atoms with Crippen molar-refractivity contribution in [3.8, 4) is 0 Å². The van der Waals surface area contributed by atoms with Crippen molar-refractivity contribution in [3.63, 3.8) is 0 Å². The van der Waals surface area contributed by atoms with Crippen molar-refractivity contribution in [2.24, 2.45) is 23.2 Å². The monoisotopic (exact) mass is 394 g/mol. The summed E-state index contributed by atoms with van der Waals surface area (Å²) in [6.07, 6.45) is 10.6. The maximum Gasteiger partial charge on any atom is 0.226 e. The van der Waals surface area contributed by atoms with Gasteiger partial charge in [0, 0.05) is 29.4 Å². The van der Waals surface area contributed by atoms with Gasteiger partial charge in [-0.05, 0) is 97.6 Å². The van der Waals surface area contributed by atoms with Gasteiger partial charge in [0.05, 0.1) is 0 Å². The van der Waals surface area contributed by atoms with Gasteiger partial charge >= 0.3 is 0 Å². The Labute approximate surface area is 171 Å². The predicted molar refractivity (Wildman–Crippen MR) is 111 cm³/mol. The van der Waals surface area contributed by atoms with Gasteiger partial charge in [0.2, 0.25) is 5.91 Å². The van der Waals surface area contributed by atoms with Crippen molar-refractivity contribution < 1.29 is 4.79 Å². The number of carbonyl (C=O) groups is 1. The predicted octanol–water partition coefficient (Wildman–Crippen LogP) is 5.35. The van der Waals surface area contributed by atoms with Gasteiger partial charge in [0.25, 0.3) is 0 Å². The molecule has 4 aliphatic carbocycles. The summed E-state index contributed by atoms with van der Waals surface area (Å²) in [7, 11) is 0. The van der Waals surface area contributed by atoms with Crippen molar-refractivity contribution in [1.82, 2.24) is 10.3 Å². The van der Waals surface area contributed by atoms with Crippen molar-refractivity contribution in [1.29, 1.82) is 0 Å². The molecule has 0 aliphatic heterocycles. The number of aromatic nitrogens is 1. The molecule has 4 bridgehead atoms. The summed E-state index contributed by atoms with van der Waals surface area (Å²) >= 11 is 6.12. The number of carbonyl (C=O) groups excluding carboxylic acids is 1. The van der Waals surface area contributed by atoms with E-state index in [1.807, 2.05) is 24.3 Å². The second kappa shape index (κ2) is 7.18. The first-order chi connectivity index (χ1) is 13.6. The highest BCUT2D eigenvalue weighted by atomic mass is 35.5. The molecule has 146 valence electrons. The number of halogens is 1. The van der Waals surface area contributed by atoms with E-state index in [1.165, 1.54) is 24.8 Å². The first kappa shape index (κ1) is 18.2. The summed E-state index contributed by atoms with van der Waals surface area (Å²) in [5.74, 6) is 2.84. The van der Waals surface area contributed by atoms with Crippen LogP contribution < -0.4 is 5.32 Å². The van der Waals surface area contributed by atoms with Crippen molar-refractivity contribution in [2.75, 3.05) is 0 Å². The Bertz CT molecular complexity index is 853. The quantitative estimate of drug-likeness (QED) is 0.759. The zero-order chi connectivity index (χ0) is 19.1. The van der Waals surface area contributed by atoms with E-state index < -0.39 is 0 Å². The van der Waals surface area contributed by atoms with Crippen LogP contribution in [0.15, 0.2) is 48.8 Å². The van der Waals surface area contributed by atoms with Gasteiger partial charge in [-0.2, -0.15) is 0 Å². The van der Waals surface area contributed by atoms with E-state index in [4.69, 9.17) is 11.6 Å². The van der Waals surface area contributed by atoms with E-state index in [9.17, 15) is 4.79 Å². The van der Waals surface area contributed by atoms with E-state index in [1.54, 1.807) is 12.4 Å². The molecule has 0 saturated heterocycles. The summed E-state index contributed by atoms with van der Waals surface area (Å²) in [4.78, 5) is 17.4. The number of pyridine rings is 1. The lowest BCUT2D eigenvalue weighted by Crippen LogP contribution is -2.48. The van der Waals surface area contributed by atoms with Gasteiger partial charge in [-0.1, -0.05) is 23.7 Å². The molecule has 2 aromatic rings. The molecule has 6 rings (SSSR count). The van der Waals surface area contributed by atoms with Crippen LogP contribution in [0, 0.1) is 23.2 Å². The first-order valence-corrected chi connectivity index (χ1v) is 10.9. The van der Waals surface area contributed by atoms with Crippen LogP contribution in [0.4, 0.5) is 0 Å². The third-order valence-corrected chi connectivity index (χ3v) is 7.71. The minimum Gasteiger partial charge on any atom is -0.352 e. The molecule has 4 aliphatic rings. The van der Waals surface area contributed by atoms with Crippen LogP contribution in [0.1, 0.15) is 55.6 Å². The van der Waals surface area contributed by atoms with E-state index >= 15 is 0 Å². The summed E-state index contributed by atoms with van der Waals surface area (Å²) < 4.78 is 0. The Morgan fingerprint density at radius 2 is 1.71 bits per heavy atom. The van der Waals surface area contributed by atoms with Crippen LogP contribution in [0.3, 0.4) is 0 Å². The molecule has 4 saturated carbocycles. The fraction of sp³-hybridized carbons (Fsp3) is 0.500. The van der Waals surface area contributed by atoms with E-state index in [-0.39, 0.29) is 11.3 Å². The average molecular weight is 395 g/mol. The number of amides is 1. The lowest BCUT2D eigenvalue weighted by molar-refractivity contribution is -0.138. The summed E-state index contributed by atoms with van der Waals surface area (Å²) in [5, 5.41) is 4.06. The number of nitrogens with one attached hydrogen (secondary N) is 1. The normalized spacial score (nSPS) is 33.5. The Balaban J connectivity index is 1.37. The molecule has 1 N–H and O–H groups in total. The maximum atomic E-state index is 13.4. The maximum absolute atomic E-state index is 13.4. The molecule has 3 nitrogen and oxygen atoms in total. The summed E-state index contributed by atoms with van der Waals surface area (Å²) in [6.45, 7) is 0.601. The Hall–Kier alpha value is -1.87. The third kappa shape index (κ3) is 3.34. The van der Waals surface area contributed by atoms with Crippen molar-refractivity contribution in [2.45, 2.75) is 51.0 Å². The number of hydrogen-bond donors (Lipinski definition) is 1. The number of hydrogen-bond acceptors (Lipinski definition) is 2. The molecule has 4 heteroatoms. The molecular formula is C24H27ClN2O. The number of benzene rings is 1. The van der Waals surface area contributed by atoms with Crippen LogP contribution >= 0.6 is 11.6 Å². The largest absolute Gasteiger partial charge is 0.352 e. The lowest BCUT2D eigenvalue weighted by atomic mass is 9.57. The smallest absolute Gasteiger partial charge is 0.226 e. The summed E-state index contributed by atoms with van der Waals surface area (Å²) in [6, 6.07) is 12.4. The fourth-order valence-corrected chi connectivity index (χ4v) is 6.62. The first-order valence-electron chi connectivity index (χ1n) is 10.5. The molecule has 1 aromatic carbocycles. The highest BCUT2D eigenvalue weighted by molar-refractivity contribution is 6.30. The van der Waals surface area contributed by atoms with Crippen molar-refractivity contribution in [3.05, 3.63) is 64.9 Å². The third-order valence-electron chi connectivity index (χ3n) is 7.45. The van der Waals surface area contributed by atoms with Crippen LogP contribution in [0.2, 0.25) is 5.02 Å². The number of nitrogens with zero attached hydrogens (tertiary/aromatic N) is 1. The zero-order valence-electron chi connectivity index (χ0n) is 16.1. The highest BCUT2D eigenvalue weighted by Gasteiger charge is 2.54. The number of fused-ring (bicyclic) bond motifs is 1. The van der Waals surface area contributed by atoms with E-state index in [0.717, 1.165) is 29.8 Å². The van der Waals surface area contributed by atoms with Gasteiger partial charge in [0.1, 0.15) is 0 Å². The highest BCUT2D eigenvalue weighted by Crippen LogP contribution is 2.61. The SMILES string of the molecule is O=C(NCc1ccncc1)C12CC3CC(CC(c4ccc(Cl)cc4)C(C3)C1)C2. The van der Waals surface area contributed by atoms with Crippen LogP contribution in [0.5, 0.6) is 0 Å². The molecule has 0 spiro atoms. The van der Waals surface area contributed by atoms with Crippen LogP contribution in [-0.4, -0.2) is 10.9 Å². The molecule has 0 radical (unpaired) electrons. The topological polar surface area (TPSA) is 42.0 Å². The summed E-state index contributed by atoms with van der Waals surface area (Å²) in [5.41, 5.74) is 2.37. The number of rotatable bonds is 4. The van der Waals surface area contributed by atoms with Gasteiger partial charge in [0.15, 0.2) is 0 Å². The van der Waals surface area contributed by atoms with Gasteiger partial charge in [-0.15, -0.1) is 0 Å². The van der Waals surface area contributed by atoms with Crippen LogP contribution in [0.25, 0.3) is 0 Å². The Morgan fingerprint density at radius 1 is 1.00 bits per heavy atom. The van der Waals surface area contributed by atoms with Gasteiger partial charge in [-0.25, -0.2) is 0 Å². The fourth-order valence-electron chi connectivity index (χ4n) is 6.49. The van der Waals surface area contributed by atoms with E-state index in [0.29, 0.717) is 30.2 Å². The molecule has 1 amide bonds. The minimum absolute atomic E-state index is 0.162. The zero-order valence-corrected chi connectivity index (χ0v) is 16.9. The van der Waals surface area contributed by atoms with Gasteiger partial charge in [-0.3, -0.25) is 9.78 Å². The van der Waals surface area contributed by atoms with E-state index in [2.05, 4.69) is 22.4 Å². The average Bonchev–Trinajstić information content (AvgIpc) is 2.90.